The predicted octanol–water partition coefficient (Wildman–Crippen LogP) is 2.48. The average Bonchev–Trinajstić information content (AvgIpc) is 2.88. The number of fused-ring (bicyclic) bond motifs is 1. The Labute approximate surface area is 125 Å². The molecule has 0 spiro atoms. The summed E-state index contributed by atoms with van der Waals surface area (Å²) in [6, 6.07) is 6.16. The Hall–Kier alpha value is -1.65. The lowest BCUT2D eigenvalue weighted by atomic mass is 10.1. The van der Waals surface area contributed by atoms with Gasteiger partial charge in [-0.2, -0.15) is 0 Å². The van der Waals surface area contributed by atoms with Crippen LogP contribution < -0.4 is 0 Å². The Bertz CT molecular complexity index is 627. The third-order valence-corrected chi connectivity index (χ3v) is 4.23. The summed E-state index contributed by atoms with van der Waals surface area (Å²) in [4.78, 5) is 13.7. The number of hydrogen-bond acceptors (Lipinski definition) is 3. The number of aromatic nitrogens is 1. The molecule has 0 atom stereocenters. The van der Waals surface area contributed by atoms with Gasteiger partial charge < -0.3 is 9.30 Å². The lowest BCUT2D eigenvalue weighted by molar-refractivity contribution is 0.0369. The molecule has 0 bridgehead atoms. The maximum atomic E-state index is 11.2. The first kappa shape index (κ1) is 14.3. The summed E-state index contributed by atoms with van der Waals surface area (Å²) in [6.07, 6.45) is 4.04. The van der Waals surface area contributed by atoms with Gasteiger partial charge in [0, 0.05) is 43.3 Å². The highest BCUT2D eigenvalue weighted by Gasteiger charge is 2.12. The van der Waals surface area contributed by atoms with Crippen molar-refractivity contribution in [3.05, 3.63) is 35.5 Å². The van der Waals surface area contributed by atoms with E-state index in [-0.39, 0.29) is 0 Å². The Kier molecular flexibility index (Phi) is 4.36. The number of ether oxygens (including phenoxy) is 1. The minimum Gasteiger partial charge on any atom is -0.379 e. The van der Waals surface area contributed by atoms with Crippen molar-refractivity contribution in [2.75, 3.05) is 32.8 Å². The first-order valence-corrected chi connectivity index (χ1v) is 7.63. The molecule has 0 aliphatic carbocycles. The largest absolute Gasteiger partial charge is 0.379 e. The van der Waals surface area contributed by atoms with E-state index >= 15 is 0 Å². The van der Waals surface area contributed by atoms with Crippen molar-refractivity contribution in [1.29, 1.82) is 0 Å². The summed E-state index contributed by atoms with van der Waals surface area (Å²) in [5.41, 5.74) is 3.22. The summed E-state index contributed by atoms with van der Waals surface area (Å²) in [6.45, 7) is 7.91. The molecule has 21 heavy (non-hydrogen) atoms. The molecule has 1 aromatic heterocycles. The highest BCUT2D eigenvalue weighted by molar-refractivity contribution is 5.98. The molecule has 4 nitrogen and oxygen atoms in total. The number of para-hydroxylation sites is 1. The molecule has 2 heterocycles. The molecule has 0 N–H and O–H groups in total. The van der Waals surface area contributed by atoms with E-state index in [9.17, 15) is 4.79 Å². The Morgan fingerprint density at radius 2 is 2.05 bits per heavy atom. The second-order valence-corrected chi connectivity index (χ2v) is 5.67. The molecule has 1 saturated heterocycles. The fourth-order valence-corrected chi connectivity index (χ4v) is 3.13. The predicted molar refractivity (Wildman–Crippen MR) is 83.9 cm³/mol. The van der Waals surface area contributed by atoms with Gasteiger partial charge in [-0.25, -0.2) is 0 Å². The fourth-order valence-electron chi connectivity index (χ4n) is 3.13. The topological polar surface area (TPSA) is 34.5 Å². The van der Waals surface area contributed by atoms with E-state index in [1.165, 1.54) is 11.1 Å². The summed E-state index contributed by atoms with van der Waals surface area (Å²) >= 11 is 0. The number of rotatable bonds is 5. The molecule has 4 heteroatoms. The molecule has 3 rings (SSSR count). The van der Waals surface area contributed by atoms with Crippen molar-refractivity contribution in [3.63, 3.8) is 0 Å². The van der Waals surface area contributed by atoms with Gasteiger partial charge in [0.1, 0.15) is 0 Å². The lowest BCUT2D eigenvalue weighted by Gasteiger charge is -2.26. The van der Waals surface area contributed by atoms with Gasteiger partial charge >= 0.3 is 0 Å². The van der Waals surface area contributed by atoms with Crippen LogP contribution in [0, 0.1) is 6.92 Å². The van der Waals surface area contributed by atoms with Crippen LogP contribution in [0.5, 0.6) is 0 Å². The quantitative estimate of drug-likeness (QED) is 0.792. The number of carbonyl (C=O) groups excluding carboxylic acids is 1. The third-order valence-electron chi connectivity index (χ3n) is 4.23. The summed E-state index contributed by atoms with van der Waals surface area (Å²) in [5.74, 6) is 0. The number of hydrogen-bond donors (Lipinski definition) is 0. The summed E-state index contributed by atoms with van der Waals surface area (Å²) in [7, 11) is 0. The molecule has 0 amide bonds. The Balaban J connectivity index is 1.73. The van der Waals surface area contributed by atoms with Crippen LogP contribution in [0.2, 0.25) is 0 Å². The van der Waals surface area contributed by atoms with Gasteiger partial charge in [-0.05, 0) is 18.9 Å². The van der Waals surface area contributed by atoms with Crippen molar-refractivity contribution in [3.8, 4) is 0 Å². The van der Waals surface area contributed by atoms with Crippen LogP contribution in [0.15, 0.2) is 24.4 Å². The normalized spacial score (nSPS) is 16.4. The van der Waals surface area contributed by atoms with E-state index in [0.29, 0.717) is 0 Å². The first-order valence-electron chi connectivity index (χ1n) is 7.63. The van der Waals surface area contributed by atoms with Gasteiger partial charge in [-0.15, -0.1) is 0 Å². The maximum Gasteiger partial charge on any atom is 0.152 e. The number of nitrogens with zero attached hydrogens (tertiary/aromatic N) is 2. The Morgan fingerprint density at radius 3 is 2.81 bits per heavy atom. The molecule has 0 saturated carbocycles. The lowest BCUT2D eigenvalue weighted by Crippen LogP contribution is -2.37. The van der Waals surface area contributed by atoms with Crippen molar-refractivity contribution in [2.24, 2.45) is 0 Å². The highest BCUT2D eigenvalue weighted by Crippen LogP contribution is 2.23. The van der Waals surface area contributed by atoms with E-state index in [2.05, 4.69) is 22.5 Å². The van der Waals surface area contributed by atoms with Gasteiger partial charge in [0.15, 0.2) is 6.29 Å². The van der Waals surface area contributed by atoms with E-state index in [4.69, 9.17) is 4.74 Å². The van der Waals surface area contributed by atoms with Crippen molar-refractivity contribution in [1.82, 2.24) is 9.47 Å². The van der Waals surface area contributed by atoms with Gasteiger partial charge in [-0.1, -0.05) is 18.2 Å². The molecule has 1 aliphatic heterocycles. The maximum absolute atomic E-state index is 11.2. The first-order chi connectivity index (χ1) is 10.3. The van der Waals surface area contributed by atoms with Gasteiger partial charge in [0.25, 0.3) is 0 Å². The molecule has 1 aliphatic rings. The molecule has 112 valence electrons. The molecule has 2 aromatic rings. The number of aldehydes is 1. The summed E-state index contributed by atoms with van der Waals surface area (Å²) < 4.78 is 7.60. The SMILES string of the molecule is Cc1cccc2c(C=O)cn(CCCN3CCOCC3)c12. The number of benzene rings is 1. The van der Waals surface area contributed by atoms with Crippen molar-refractivity contribution >= 4 is 17.2 Å². The van der Waals surface area contributed by atoms with Crippen LogP contribution in [0.25, 0.3) is 10.9 Å². The van der Waals surface area contributed by atoms with E-state index in [1.807, 2.05) is 18.3 Å². The van der Waals surface area contributed by atoms with E-state index < -0.39 is 0 Å². The van der Waals surface area contributed by atoms with Crippen LogP contribution in [0.1, 0.15) is 22.3 Å². The molecular weight excluding hydrogens is 264 g/mol. The zero-order valence-electron chi connectivity index (χ0n) is 12.5. The third kappa shape index (κ3) is 3.01. The minimum absolute atomic E-state index is 0.792. The zero-order valence-corrected chi connectivity index (χ0v) is 12.5. The number of aryl methyl sites for hydroxylation is 2. The van der Waals surface area contributed by atoms with Crippen molar-refractivity contribution < 1.29 is 9.53 Å². The molecular formula is C17H22N2O2. The fraction of sp³-hybridized carbons (Fsp3) is 0.471. The second-order valence-electron chi connectivity index (χ2n) is 5.67. The van der Waals surface area contributed by atoms with Crippen LogP contribution in [0.3, 0.4) is 0 Å². The Morgan fingerprint density at radius 1 is 1.24 bits per heavy atom. The zero-order chi connectivity index (χ0) is 14.7. The average molecular weight is 286 g/mol. The number of carbonyl (C=O) groups is 1. The van der Waals surface area contributed by atoms with Crippen LogP contribution in [-0.4, -0.2) is 48.6 Å². The standard InChI is InChI=1S/C17H22N2O2/c1-14-4-2-5-16-15(13-20)12-19(17(14)16)7-3-6-18-8-10-21-11-9-18/h2,4-5,12-13H,3,6-11H2,1H3. The summed E-state index contributed by atoms with van der Waals surface area (Å²) in [5, 5.41) is 1.07. The van der Waals surface area contributed by atoms with E-state index in [0.717, 1.165) is 63.0 Å². The second kappa shape index (κ2) is 6.41. The van der Waals surface area contributed by atoms with E-state index in [1.54, 1.807) is 0 Å². The number of morpholine rings is 1. The molecule has 1 fully saturated rings. The van der Waals surface area contributed by atoms with Gasteiger partial charge in [0.05, 0.1) is 18.7 Å². The minimum atomic E-state index is 0.792. The smallest absolute Gasteiger partial charge is 0.152 e. The van der Waals surface area contributed by atoms with Crippen molar-refractivity contribution in [2.45, 2.75) is 19.9 Å². The highest BCUT2D eigenvalue weighted by atomic mass is 16.5. The van der Waals surface area contributed by atoms with Gasteiger partial charge in [-0.3, -0.25) is 9.69 Å². The van der Waals surface area contributed by atoms with Crippen LogP contribution in [-0.2, 0) is 11.3 Å². The van der Waals surface area contributed by atoms with Gasteiger partial charge in [0.2, 0.25) is 0 Å². The van der Waals surface area contributed by atoms with Crippen LogP contribution >= 0.6 is 0 Å². The van der Waals surface area contributed by atoms with Crippen LogP contribution in [0.4, 0.5) is 0 Å². The molecule has 0 radical (unpaired) electrons. The monoisotopic (exact) mass is 286 g/mol. The molecule has 0 unspecified atom stereocenters. The molecule has 1 aromatic carbocycles.